The minimum Gasteiger partial charge on any atom is -0.464 e. The smallest absolute Gasteiger partial charge is 0.123 e. The number of furan rings is 1. The van der Waals surface area contributed by atoms with Gasteiger partial charge in [0.05, 0.1) is 6.54 Å². The van der Waals surface area contributed by atoms with Gasteiger partial charge in [0, 0.05) is 11.6 Å². The lowest BCUT2D eigenvalue weighted by Gasteiger charge is -2.07. The van der Waals surface area contributed by atoms with Crippen molar-refractivity contribution in [3.05, 3.63) is 53.0 Å². The first-order chi connectivity index (χ1) is 9.13. The summed E-state index contributed by atoms with van der Waals surface area (Å²) in [5.74, 6) is 3.64. The van der Waals surface area contributed by atoms with Crippen LogP contribution in [-0.2, 0) is 6.54 Å². The molecule has 1 aromatic heterocycles. The molecule has 1 aliphatic carbocycles. The predicted octanol–water partition coefficient (Wildman–Crippen LogP) is 4.63. The van der Waals surface area contributed by atoms with Crippen LogP contribution in [0.4, 0.5) is 5.69 Å². The molecule has 1 fully saturated rings. The van der Waals surface area contributed by atoms with E-state index >= 15 is 0 Å². The first-order valence-corrected chi connectivity index (χ1v) is 7.03. The van der Waals surface area contributed by atoms with E-state index in [0.29, 0.717) is 5.92 Å². The van der Waals surface area contributed by atoms with Crippen molar-refractivity contribution >= 4 is 5.69 Å². The van der Waals surface area contributed by atoms with Crippen molar-refractivity contribution in [1.82, 2.24) is 0 Å². The van der Waals surface area contributed by atoms with E-state index in [4.69, 9.17) is 4.42 Å². The van der Waals surface area contributed by atoms with Crippen LogP contribution in [-0.4, -0.2) is 0 Å². The van der Waals surface area contributed by atoms with Gasteiger partial charge in [-0.2, -0.15) is 0 Å². The number of aryl methyl sites for hydroxylation is 2. The lowest BCUT2D eigenvalue weighted by atomic mass is 10.1. The normalized spacial score (nSPS) is 21.4. The maximum atomic E-state index is 5.89. The molecule has 0 radical (unpaired) electrons. The lowest BCUT2D eigenvalue weighted by molar-refractivity contribution is 0.468. The Labute approximate surface area is 114 Å². The molecule has 1 heterocycles. The average molecular weight is 255 g/mol. The number of benzene rings is 1. The Morgan fingerprint density at radius 3 is 2.63 bits per heavy atom. The van der Waals surface area contributed by atoms with Gasteiger partial charge in [-0.3, -0.25) is 0 Å². The topological polar surface area (TPSA) is 25.2 Å². The van der Waals surface area contributed by atoms with Crippen LogP contribution >= 0.6 is 0 Å². The van der Waals surface area contributed by atoms with Gasteiger partial charge in [0.1, 0.15) is 11.5 Å². The first-order valence-electron chi connectivity index (χ1n) is 7.03. The third-order valence-corrected chi connectivity index (χ3v) is 4.13. The average Bonchev–Trinajstić information content (AvgIpc) is 2.94. The zero-order valence-electron chi connectivity index (χ0n) is 11.9. The van der Waals surface area contributed by atoms with Crippen LogP contribution < -0.4 is 5.32 Å². The molecule has 100 valence electrons. The van der Waals surface area contributed by atoms with E-state index in [2.05, 4.69) is 56.4 Å². The third-order valence-electron chi connectivity index (χ3n) is 4.13. The zero-order chi connectivity index (χ0) is 13.4. The second-order valence-electron chi connectivity index (χ2n) is 5.78. The van der Waals surface area contributed by atoms with Crippen molar-refractivity contribution in [1.29, 1.82) is 0 Å². The van der Waals surface area contributed by atoms with Crippen LogP contribution in [0.1, 0.15) is 41.9 Å². The van der Waals surface area contributed by atoms with Crippen molar-refractivity contribution in [3.8, 4) is 0 Å². The maximum Gasteiger partial charge on any atom is 0.123 e. The minimum atomic E-state index is 0.662. The van der Waals surface area contributed by atoms with Crippen molar-refractivity contribution in [3.63, 3.8) is 0 Å². The van der Waals surface area contributed by atoms with Crippen molar-refractivity contribution < 1.29 is 4.42 Å². The Morgan fingerprint density at radius 2 is 1.95 bits per heavy atom. The molecule has 2 aromatic rings. The van der Waals surface area contributed by atoms with Crippen molar-refractivity contribution in [2.24, 2.45) is 5.92 Å². The number of nitrogens with one attached hydrogen (secondary N) is 1. The monoisotopic (exact) mass is 255 g/mol. The molecule has 2 unspecified atom stereocenters. The molecule has 1 aliphatic rings. The van der Waals surface area contributed by atoms with Crippen LogP contribution in [0.25, 0.3) is 0 Å². The summed E-state index contributed by atoms with van der Waals surface area (Å²) in [5, 5.41) is 3.42. The van der Waals surface area contributed by atoms with Crippen LogP contribution in [0.3, 0.4) is 0 Å². The predicted molar refractivity (Wildman–Crippen MR) is 78.5 cm³/mol. The van der Waals surface area contributed by atoms with E-state index < -0.39 is 0 Å². The molecule has 1 N–H and O–H groups in total. The van der Waals surface area contributed by atoms with Crippen LogP contribution in [0.5, 0.6) is 0 Å². The fraction of sp³-hybridized carbons (Fsp3) is 0.412. The van der Waals surface area contributed by atoms with Crippen LogP contribution in [0.15, 0.2) is 34.7 Å². The molecule has 1 saturated carbocycles. The molecule has 1 aromatic carbocycles. The summed E-state index contributed by atoms with van der Waals surface area (Å²) < 4.78 is 5.89. The molecule has 2 nitrogen and oxygen atoms in total. The van der Waals surface area contributed by atoms with Crippen LogP contribution in [0.2, 0.25) is 0 Å². The van der Waals surface area contributed by atoms with Gasteiger partial charge in [-0.05, 0) is 61.6 Å². The Morgan fingerprint density at radius 1 is 1.16 bits per heavy atom. The summed E-state index contributed by atoms with van der Waals surface area (Å²) in [6.45, 7) is 7.30. The van der Waals surface area contributed by atoms with Crippen molar-refractivity contribution in [2.45, 2.75) is 39.7 Å². The van der Waals surface area contributed by atoms with Gasteiger partial charge in [0.25, 0.3) is 0 Å². The zero-order valence-corrected chi connectivity index (χ0v) is 11.9. The number of anilines is 1. The second-order valence-corrected chi connectivity index (χ2v) is 5.78. The summed E-state index contributed by atoms with van der Waals surface area (Å²) in [4.78, 5) is 0. The molecular formula is C17H21NO. The molecule has 0 spiro atoms. The number of hydrogen-bond acceptors (Lipinski definition) is 2. The third kappa shape index (κ3) is 2.67. The van der Waals surface area contributed by atoms with Gasteiger partial charge in [-0.25, -0.2) is 0 Å². The van der Waals surface area contributed by atoms with E-state index in [1.165, 1.54) is 17.5 Å². The number of hydrogen-bond donors (Lipinski definition) is 1. The van der Waals surface area contributed by atoms with Crippen molar-refractivity contribution in [2.75, 3.05) is 5.32 Å². The SMILES string of the molecule is Cc1ccc(NCc2ccc(C3CC3C)o2)cc1C. The van der Waals surface area contributed by atoms with Gasteiger partial charge in [0.2, 0.25) is 0 Å². The fourth-order valence-corrected chi connectivity index (χ4v) is 2.45. The Hall–Kier alpha value is -1.70. The number of rotatable bonds is 4. The highest BCUT2D eigenvalue weighted by molar-refractivity contribution is 5.48. The van der Waals surface area contributed by atoms with Gasteiger partial charge in [-0.1, -0.05) is 13.0 Å². The molecule has 0 bridgehead atoms. The molecule has 0 amide bonds. The van der Waals surface area contributed by atoms with E-state index in [-0.39, 0.29) is 0 Å². The van der Waals surface area contributed by atoms with E-state index in [1.807, 2.05) is 0 Å². The molecule has 2 heteroatoms. The van der Waals surface area contributed by atoms with Gasteiger partial charge in [-0.15, -0.1) is 0 Å². The molecule has 3 rings (SSSR count). The Balaban J connectivity index is 1.62. The minimum absolute atomic E-state index is 0.662. The Bertz CT molecular complexity index is 585. The first kappa shape index (κ1) is 12.3. The Kier molecular flexibility index (Phi) is 3.09. The van der Waals surface area contributed by atoms with Gasteiger partial charge in [0.15, 0.2) is 0 Å². The highest BCUT2D eigenvalue weighted by Gasteiger charge is 2.36. The second kappa shape index (κ2) is 4.76. The maximum absolute atomic E-state index is 5.89. The molecule has 2 atom stereocenters. The largest absolute Gasteiger partial charge is 0.464 e. The van der Waals surface area contributed by atoms with Gasteiger partial charge < -0.3 is 9.73 Å². The summed E-state index contributed by atoms with van der Waals surface area (Å²) in [6.07, 6.45) is 1.28. The van der Waals surface area contributed by atoms with E-state index in [1.54, 1.807) is 0 Å². The van der Waals surface area contributed by atoms with E-state index in [9.17, 15) is 0 Å². The molecule has 19 heavy (non-hydrogen) atoms. The van der Waals surface area contributed by atoms with Gasteiger partial charge >= 0.3 is 0 Å². The fourth-order valence-electron chi connectivity index (χ4n) is 2.45. The summed E-state index contributed by atoms with van der Waals surface area (Å²) >= 11 is 0. The molecule has 0 saturated heterocycles. The standard InChI is InChI=1S/C17H21NO/c1-11-4-5-14(8-12(11)2)18-10-15-6-7-17(19-15)16-9-13(16)3/h4-8,13,16,18H,9-10H2,1-3H3. The van der Waals surface area contributed by atoms with E-state index in [0.717, 1.165) is 29.7 Å². The van der Waals surface area contributed by atoms with Crippen LogP contribution in [0, 0.1) is 19.8 Å². The summed E-state index contributed by atoms with van der Waals surface area (Å²) in [7, 11) is 0. The quantitative estimate of drug-likeness (QED) is 0.861. The molecular weight excluding hydrogens is 234 g/mol. The highest BCUT2D eigenvalue weighted by Crippen LogP contribution is 2.47. The summed E-state index contributed by atoms with van der Waals surface area (Å²) in [6, 6.07) is 10.7. The highest BCUT2D eigenvalue weighted by atomic mass is 16.3. The molecule has 0 aliphatic heterocycles. The lowest BCUT2D eigenvalue weighted by Crippen LogP contribution is -1.98. The summed E-state index contributed by atoms with van der Waals surface area (Å²) in [5.41, 5.74) is 3.80.